The van der Waals surface area contributed by atoms with Crippen molar-refractivity contribution < 1.29 is 19.5 Å². The molecule has 1 saturated heterocycles. The lowest BCUT2D eigenvalue weighted by molar-refractivity contribution is -0.150. The van der Waals surface area contributed by atoms with E-state index >= 15 is 0 Å². The number of anilines is 2. The van der Waals surface area contributed by atoms with Gasteiger partial charge in [-0.25, -0.2) is 19.7 Å². The van der Waals surface area contributed by atoms with Crippen LogP contribution in [0.1, 0.15) is 45.1 Å². The number of amides is 2. The number of piperidine rings is 1. The number of carbonyl (C=O) groups is 2. The van der Waals surface area contributed by atoms with Gasteiger partial charge in [0.05, 0.1) is 21.3 Å². The molecule has 0 atom stereocenters. The molecule has 0 spiro atoms. The summed E-state index contributed by atoms with van der Waals surface area (Å²) in [7, 11) is 0. The van der Waals surface area contributed by atoms with Gasteiger partial charge in [-0.3, -0.25) is 10.1 Å². The molecule has 5 rings (SSSR count). The Morgan fingerprint density at radius 3 is 2.54 bits per heavy atom. The molecule has 11 nitrogen and oxygen atoms in total. The first-order valence-electron chi connectivity index (χ1n) is 12.4. The van der Waals surface area contributed by atoms with Gasteiger partial charge >= 0.3 is 12.0 Å². The number of hydrogen-bond donors (Lipinski definition) is 3. The van der Waals surface area contributed by atoms with Crippen molar-refractivity contribution in [3.05, 3.63) is 30.1 Å². The van der Waals surface area contributed by atoms with Gasteiger partial charge < -0.3 is 20.2 Å². The molecule has 0 bridgehead atoms. The number of benzene rings is 1. The Morgan fingerprint density at radius 2 is 1.92 bits per heavy atom. The third-order valence-electron chi connectivity index (χ3n) is 7.07. The van der Waals surface area contributed by atoms with Gasteiger partial charge in [0.1, 0.15) is 6.61 Å². The van der Waals surface area contributed by atoms with Crippen LogP contribution in [0.3, 0.4) is 0 Å². The van der Waals surface area contributed by atoms with Crippen LogP contribution in [0.5, 0.6) is 0 Å². The Kier molecular flexibility index (Phi) is 6.92. The van der Waals surface area contributed by atoms with E-state index in [4.69, 9.17) is 4.84 Å². The standard InChI is InChI=1S/C25H29N7O4S/c1-3-25(21(33)34)6-8-32(9-7-25)22-27-13-16(14-28-22)15-11-17(18-5-10-36-31-18)20-19(12-15)29-24(37-20)30-23(35)26-4-2/h11-14H,3-10H2,1-2H3,(H,33,34)(H2,26,29,30,35). The van der Waals surface area contributed by atoms with Crippen LogP contribution in [0.4, 0.5) is 15.9 Å². The molecule has 0 saturated carbocycles. The average molecular weight is 524 g/mol. The van der Waals surface area contributed by atoms with Crippen molar-refractivity contribution >= 4 is 50.3 Å². The Labute approximate surface area is 218 Å². The number of nitrogens with one attached hydrogen (secondary N) is 2. The predicted molar refractivity (Wildman–Crippen MR) is 142 cm³/mol. The summed E-state index contributed by atoms with van der Waals surface area (Å²) in [5.41, 5.74) is 3.53. The Balaban J connectivity index is 1.42. The minimum absolute atomic E-state index is 0.300. The van der Waals surface area contributed by atoms with Crippen molar-refractivity contribution in [2.24, 2.45) is 10.6 Å². The summed E-state index contributed by atoms with van der Waals surface area (Å²) in [6.45, 7) is 6.05. The summed E-state index contributed by atoms with van der Waals surface area (Å²) in [4.78, 5) is 44.9. The maximum atomic E-state index is 12.0. The molecular formula is C25H29N7O4S. The zero-order chi connectivity index (χ0) is 26.0. The van der Waals surface area contributed by atoms with E-state index in [2.05, 4.69) is 30.7 Å². The van der Waals surface area contributed by atoms with Gasteiger partial charge in [0, 0.05) is 49.6 Å². The summed E-state index contributed by atoms with van der Waals surface area (Å²) in [6, 6.07) is 3.69. The van der Waals surface area contributed by atoms with Crippen molar-refractivity contribution in [3.63, 3.8) is 0 Å². The lowest BCUT2D eigenvalue weighted by atomic mass is 9.76. The molecule has 2 aromatic heterocycles. The molecule has 2 aliphatic heterocycles. The van der Waals surface area contributed by atoms with E-state index in [1.165, 1.54) is 11.3 Å². The molecule has 0 unspecified atom stereocenters. The van der Waals surface area contributed by atoms with Crippen molar-refractivity contribution in [1.29, 1.82) is 0 Å². The van der Waals surface area contributed by atoms with Crippen LogP contribution in [0.15, 0.2) is 29.7 Å². The van der Waals surface area contributed by atoms with E-state index in [-0.39, 0.29) is 6.03 Å². The second kappa shape index (κ2) is 10.3. The van der Waals surface area contributed by atoms with Crippen LogP contribution in [0.25, 0.3) is 21.3 Å². The van der Waals surface area contributed by atoms with Crippen LogP contribution in [-0.2, 0) is 9.63 Å². The summed E-state index contributed by atoms with van der Waals surface area (Å²) in [5, 5.41) is 19.9. The van der Waals surface area contributed by atoms with Gasteiger partial charge in [-0.2, -0.15) is 0 Å². The number of thiazole rings is 1. The highest BCUT2D eigenvalue weighted by Gasteiger charge is 2.40. The first-order valence-corrected chi connectivity index (χ1v) is 13.2. The fourth-order valence-corrected chi connectivity index (χ4v) is 5.73. The van der Waals surface area contributed by atoms with Crippen LogP contribution < -0.4 is 15.5 Å². The van der Waals surface area contributed by atoms with Crippen molar-refractivity contribution in [2.45, 2.75) is 39.5 Å². The molecule has 0 radical (unpaired) electrons. The number of aliphatic carboxylic acids is 1. The molecule has 1 aromatic carbocycles. The number of nitrogens with zero attached hydrogens (tertiary/aromatic N) is 5. The lowest BCUT2D eigenvalue weighted by Gasteiger charge is -2.38. The topological polar surface area (TPSA) is 142 Å². The van der Waals surface area contributed by atoms with E-state index < -0.39 is 11.4 Å². The summed E-state index contributed by atoms with van der Waals surface area (Å²) >= 11 is 1.39. The minimum atomic E-state index is -0.722. The SMILES string of the molecule is CCNC(=O)Nc1nc2cc(-c3cnc(N4CCC(CC)(C(=O)O)CC4)nc3)cc(C3=NOCC3)c2s1. The number of urea groups is 1. The largest absolute Gasteiger partial charge is 0.481 e. The van der Waals surface area contributed by atoms with Gasteiger partial charge in [0.25, 0.3) is 0 Å². The molecule has 3 N–H and O–H groups in total. The van der Waals surface area contributed by atoms with E-state index in [0.29, 0.717) is 63.0 Å². The Bertz CT molecular complexity index is 1350. The van der Waals surface area contributed by atoms with E-state index in [1.807, 2.05) is 30.9 Å². The van der Waals surface area contributed by atoms with E-state index in [1.54, 1.807) is 12.4 Å². The van der Waals surface area contributed by atoms with Gasteiger partial charge in [0.2, 0.25) is 5.95 Å². The highest BCUT2D eigenvalue weighted by molar-refractivity contribution is 7.22. The molecule has 37 heavy (non-hydrogen) atoms. The quantitative estimate of drug-likeness (QED) is 0.420. The minimum Gasteiger partial charge on any atom is -0.481 e. The second-order valence-electron chi connectivity index (χ2n) is 9.19. The van der Waals surface area contributed by atoms with E-state index in [0.717, 1.165) is 32.6 Å². The third-order valence-corrected chi connectivity index (χ3v) is 8.09. The number of carboxylic acid groups (broad SMARTS) is 1. The average Bonchev–Trinajstić information content (AvgIpc) is 3.58. The van der Waals surface area contributed by atoms with Crippen molar-refractivity contribution in [3.8, 4) is 11.1 Å². The Hall–Kier alpha value is -3.80. The van der Waals surface area contributed by atoms with Crippen LogP contribution >= 0.6 is 11.3 Å². The van der Waals surface area contributed by atoms with Crippen LogP contribution in [0.2, 0.25) is 0 Å². The highest BCUT2D eigenvalue weighted by Crippen LogP contribution is 2.37. The van der Waals surface area contributed by atoms with Crippen LogP contribution in [0, 0.1) is 5.41 Å². The number of oxime groups is 1. The van der Waals surface area contributed by atoms with Crippen LogP contribution in [-0.4, -0.2) is 64.0 Å². The van der Waals surface area contributed by atoms with Crippen molar-refractivity contribution in [2.75, 3.05) is 36.5 Å². The predicted octanol–water partition coefficient (Wildman–Crippen LogP) is 4.10. The van der Waals surface area contributed by atoms with Gasteiger partial charge in [0.15, 0.2) is 5.13 Å². The molecule has 2 aliphatic rings. The maximum Gasteiger partial charge on any atom is 0.321 e. The number of hydrogen-bond acceptors (Lipinski definition) is 9. The summed E-state index contributed by atoms with van der Waals surface area (Å²) < 4.78 is 0.920. The second-order valence-corrected chi connectivity index (χ2v) is 10.2. The number of rotatable bonds is 7. The zero-order valence-corrected chi connectivity index (χ0v) is 21.6. The smallest absolute Gasteiger partial charge is 0.321 e. The van der Waals surface area contributed by atoms with Gasteiger partial charge in [-0.05, 0) is 43.9 Å². The number of aromatic nitrogens is 3. The fourth-order valence-electron chi connectivity index (χ4n) is 4.75. The maximum absolute atomic E-state index is 12.0. The molecule has 2 amide bonds. The molecule has 0 aliphatic carbocycles. The molecular weight excluding hydrogens is 494 g/mol. The zero-order valence-electron chi connectivity index (χ0n) is 20.8. The van der Waals surface area contributed by atoms with Crippen molar-refractivity contribution in [1.82, 2.24) is 20.3 Å². The molecule has 3 aromatic rings. The Morgan fingerprint density at radius 1 is 1.16 bits per heavy atom. The lowest BCUT2D eigenvalue weighted by Crippen LogP contribution is -2.44. The number of fused-ring (bicyclic) bond motifs is 1. The van der Waals surface area contributed by atoms with Gasteiger partial charge in [-0.1, -0.05) is 23.4 Å². The summed E-state index contributed by atoms with van der Waals surface area (Å²) in [5.74, 6) is -0.128. The molecule has 194 valence electrons. The first-order chi connectivity index (χ1) is 17.9. The highest BCUT2D eigenvalue weighted by atomic mass is 32.1. The number of carboxylic acids is 1. The fraction of sp³-hybridized carbons (Fsp3) is 0.440. The van der Waals surface area contributed by atoms with Gasteiger partial charge in [-0.15, -0.1) is 0 Å². The molecule has 12 heteroatoms. The number of carbonyl (C=O) groups excluding carboxylic acids is 1. The molecule has 4 heterocycles. The monoisotopic (exact) mass is 523 g/mol. The normalized spacial score (nSPS) is 16.8. The first kappa shape index (κ1) is 24.9. The van der Waals surface area contributed by atoms with E-state index in [9.17, 15) is 14.7 Å². The third kappa shape index (κ3) is 4.93. The summed E-state index contributed by atoms with van der Waals surface area (Å²) in [6.07, 6.45) is 6.01. The molecule has 1 fully saturated rings.